The highest BCUT2D eigenvalue weighted by Gasteiger charge is 2.04. The number of nitrogens with zero attached hydrogens (tertiary/aromatic N) is 2. The first-order valence-corrected chi connectivity index (χ1v) is 7.25. The van der Waals surface area contributed by atoms with E-state index < -0.39 is 0 Å². The average Bonchev–Trinajstić information content (AvgIpc) is 2.52. The molecule has 0 amide bonds. The van der Waals surface area contributed by atoms with Crippen LogP contribution in [-0.4, -0.2) is 12.8 Å². The van der Waals surface area contributed by atoms with Crippen molar-refractivity contribution in [3.05, 3.63) is 63.6 Å². The number of para-hydroxylation sites is 1. The van der Waals surface area contributed by atoms with Crippen molar-refractivity contribution in [3.8, 4) is 11.8 Å². The molecule has 0 fully saturated rings. The number of hydrazone groups is 1. The van der Waals surface area contributed by atoms with Crippen LogP contribution in [0.1, 0.15) is 11.1 Å². The summed E-state index contributed by atoms with van der Waals surface area (Å²) in [6.45, 7) is 0.406. The smallest absolute Gasteiger partial charge is 0.174 e. The Morgan fingerprint density at radius 1 is 1.14 bits per heavy atom. The van der Waals surface area contributed by atoms with E-state index in [9.17, 15) is 0 Å². The zero-order valence-corrected chi connectivity index (χ0v) is 13.1. The molecule has 0 saturated heterocycles. The topological polar surface area (TPSA) is 57.4 Å². The van der Waals surface area contributed by atoms with Crippen LogP contribution in [0, 0.1) is 11.3 Å². The third-order valence-electron chi connectivity index (χ3n) is 2.82. The van der Waals surface area contributed by atoms with Crippen LogP contribution in [0.15, 0.2) is 47.6 Å². The third kappa shape index (κ3) is 4.39. The molecular weight excluding hydrogens is 321 g/mol. The van der Waals surface area contributed by atoms with Gasteiger partial charge in [-0.2, -0.15) is 10.4 Å². The summed E-state index contributed by atoms with van der Waals surface area (Å²) in [6, 6.07) is 14.6. The van der Waals surface area contributed by atoms with Gasteiger partial charge in [0, 0.05) is 21.2 Å². The molecular formula is C16H13Cl2N3O. The summed E-state index contributed by atoms with van der Waals surface area (Å²) in [5.74, 6) is 0.602. The van der Waals surface area contributed by atoms with E-state index in [0.29, 0.717) is 22.3 Å². The lowest BCUT2D eigenvalue weighted by Gasteiger charge is -2.07. The molecule has 4 nitrogen and oxygen atoms in total. The number of nitrogens with one attached hydrogen (secondary N) is 1. The zero-order valence-electron chi connectivity index (χ0n) is 11.6. The van der Waals surface area contributed by atoms with Gasteiger partial charge in [0.25, 0.3) is 0 Å². The van der Waals surface area contributed by atoms with E-state index in [1.165, 1.54) is 0 Å². The quantitative estimate of drug-likeness (QED) is 0.641. The molecule has 0 heterocycles. The molecule has 22 heavy (non-hydrogen) atoms. The number of nitriles is 1. The van der Waals surface area contributed by atoms with Gasteiger partial charge < -0.3 is 10.2 Å². The summed E-state index contributed by atoms with van der Waals surface area (Å²) >= 11 is 12.2. The molecule has 0 saturated carbocycles. The zero-order chi connectivity index (χ0) is 15.8. The summed E-state index contributed by atoms with van der Waals surface area (Å²) in [6.07, 6.45) is 1.62. The van der Waals surface area contributed by atoms with Crippen molar-refractivity contribution in [3.63, 3.8) is 0 Å². The molecule has 0 aliphatic rings. The maximum absolute atomic E-state index is 8.56. The molecule has 0 aromatic heterocycles. The number of halogens is 2. The maximum Gasteiger partial charge on any atom is 0.174 e. The number of hydrogen-bond acceptors (Lipinski definition) is 4. The second-order valence-electron chi connectivity index (χ2n) is 4.28. The van der Waals surface area contributed by atoms with Gasteiger partial charge in [-0.3, -0.25) is 0 Å². The normalized spacial score (nSPS) is 10.4. The maximum atomic E-state index is 8.56. The van der Waals surface area contributed by atoms with Gasteiger partial charge in [0.05, 0.1) is 12.8 Å². The first-order chi connectivity index (χ1) is 10.7. The van der Waals surface area contributed by atoms with Crippen LogP contribution in [0.25, 0.3) is 0 Å². The van der Waals surface area contributed by atoms with E-state index in [2.05, 4.69) is 10.5 Å². The van der Waals surface area contributed by atoms with Crippen LogP contribution in [0.5, 0.6) is 5.75 Å². The Labute approximate surface area is 138 Å². The molecule has 0 radical (unpaired) electrons. The minimum Gasteiger partial charge on any atom is -0.478 e. The lowest BCUT2D eigenvalue weighted by molar-refractivity contribution is 0.367. The number of benzene rings is 2. The van der Waals surface area contributed by atoms with E-state index in [1.807, 2.05) is 24.3 Å². The highest BCUT2D eigenvalue weighted by atomic mass is 35.5. The van der Waals surface area contributed by atoms with Gasteiger partial charge in [-0.05, 0) is 24.3 Å². The van der Waals surface area contributed by atoms with Gasteiger partial charge in [0.2, 0.25) is 0 Å². The number of rotatable bonds is 6. The Bertz CT molecular complexity index is 691. The molecule has 1 N–H and O–H groups in total. The van der Waals surface area contributed by atoms with Gasteiger partial charge in [-0.1, -0.05) is 41.4 Å². The average molecular weight is 334 g/mol. The lowest BCUT2D eigenvalue weighted by Crippen LogP contribution is -2.07. The van der Waals surface area contributed by atoms with Crippen molar-refractivity contribution in [2.75, 3.05) is 6.61 Å². The predicted octanol–water partition coefficient (Wildman–Crippen LogP) is 4.02. The van der Waals surface area contributed by atoms with Crippen molar-refractivity contribution in [1.82, 2.24) is 5.43 Å². The summed E-state index contributed by atoms with van der Waals surface area (Å²) in [4.78, 5) is 0. The highest BCUT2D eigenvalue weighted by Crippen LogP contribution is 2.23. The summed E-state index contributed by atoms with van der Waals surface area (Å²) in [5, 5.41) is 13.9. The van der Waals surface area contributed by atoms with Gasteiger partial charge in [-0.15, -0.1) is 0 Å². The first-order valence-electron chi connectivity index (χ1n) is 6.50. The van der Waals surface area contributed by atoms with E-state index in [0.717, 1.165) is 11.1 Å². The summed E-state index contributed by atoms with van der Waals surface area (Å²) < 4.78 is 5.32. The molecule has 112 valence electrons. The third-order valence-corrected chi connectivity index (χ3v) is 3.53. The van der Waals surface area contributed by atoms with Crippen molar-refractivity contribution in [1.29, 1.82) is 5.26 Å². The van der Waals surface area contributed by atoms with Crippen LogP contribution in [0.2, 0.25) is 10.0 Å². The monoisotopic (exact) mass is 333 g/mol. The molecule has 2 rings (SSSR count). The molecule has 6 heteroatoms. The minimum absolute atomic E-state index is 0.00644. The van der Waals surface area contributed by atoms with Crippen LogP contribution >= 0.6 is 23.2 Å². The predicted molar refractivity (Wildman–Crippen MR) is 88.4 cm³/mol. The van der Waals surface area contributed by atoms with E-state index in [-0.39, 0.29) is 6.61 Å². The Morgan fingerprint density at radius 2 is 1.86 bits per heavy atom. The van der Waals surface area contributed by atoms with Crippen molar-refractivity contribution < 1.29 is 4.74 Å². The highest BCUT2D eigenvalue weighted by molar-refractivity contribution is 6.35. The van der Waals surface area contributed by atoms with Crippen LogP contribution in [-0.2, 0) is 6.54 Å². The van der Waals surface area contributed by atoms with Crippen LogP contribution in [0.3, 0.4) is 0 Å². The second-order valence-corrected chi connectivity index (χ2v) is 5.09. The Morgan fingerprint density at radius 3 is 2.59 bits per heavy atom. The first kappa shape index (κ1) is 16.2. The van der Waals surface area contributed by atoms with Gasteiger partial charge in [0.1, 0.15) is 11.8 Å². The van der Waals surface area contributed by atoms with Gasteiger partial charge in [-0.25, -0.2) is 0 Å². The number of hydrogen-bond donors (Lipinski definition) is 1. The molecule has 2 aromatic rings. The Hall–Kier alpha value is -2.22. The van der Waals surface area contributed by atoms with E-state index in [4.69, 9.17) is 33.2 Å². The van der Waals surface area contributed by atoms with Crippen molar-refractivity contribution >= 4 is 29.4 Å². The van der Waals surface area contributed by atoms with E-state index in [1.54, 1.807) is 30.5 Å². The fourth-order valence-electron chi connectivity index (χ4n) is 1.77. The van der Waals surface area contributed by atoms with Crippen LogP contribution < -0.4 is 10.2 Å². The molecule has 0 spiro atoms. The minimum atomic E-state index is -0.00644. The van der Waals surface area contributed by atoms with Crippen molar-refractivity contribution in [2.45, 2.75) is 6.54 Å². The fraction of sp³-hybridized carbons (Fsp3) is 0.125. The number of ether oxygens (including phenoxy) is 1. The Kier molecular flexibility index (Phi) is 6.08. The Balaban J connectivity index is 2.00. The second kappa shape index (κ2) is 8.28. The molecule has 0 unspecified atom stereocenters. The molecule has 0 atom stereocenters. The van der Waals surface area contributed by atoms with E-state index >= 15 is 0 Å². The SMILES string of the molecule is N#CCOc1ccccc1/C=N/NCc1c(Cl)cccc1Cl. The molecule has 0 aliphatic heterocycles. The molecule has 0 bridgehead atoms. The lowest BCUT2D eigenvalue weighted by atomic mass is 10.2. The fourth-order valence-corrected chi connectivity index (χ4v) is 2.30. The summed E-state index contributed by atoms with van der Waals surface area (Å²) in [7, 11) is 0. The largest absolute Gasteiger partial charge is 0.478 e. The molecule has 2 aromatic carbocycles. The van der Waals surface area contributed by atoms with Gasteiger partial charge >= 0.3 is 0 Å². The van der Waals surface area contributed by atoms with Crippen LogP contribution in [0.4, 0.5) is 0 Å². The van der Waals surface area contributed by atoms with Gasteiger partial charge in [0.15, 0.2) is 6.61 Å². The molecule has 0 aliphatic carbocycles. The standard InChI is InChI=1S/C16H13Cl2N3O/c17-14-5-3-6-15(18)13(14)11-21-20-10-12-4-1-2-7-16(12)22-9-8-19/h1-7,10,21H,9,11H2/b20-10+. The summed E-state index contributed by atoms with van der Waals surface area (Å²) in [5.41, 5.74) is 4.46. The van der Waals surface area contributed by atoms with Crippen molar-refractivity contribution in [2.24, 2.45) is 5.10 Å².